The molecule has 0 unspecified atom stereocenters. The number of non-ortho nitro benzene ring substituents is 1. The van der Waals surface area contributed by atoms with E-state index >= 15 is 0 Å². The van der Waals surface area contributed by atoms with E-state index in [0.29, 0.717) is 11.3 Å². The Morgan fingerprint density at radius 2 is 1.43 bits per heavy atom. The monoisotopic (exact) mass is 395 g/mol. The molecule has 0 radical (unpaired) electrons. The first-order valence-corrected chi connectivity index (χ1v) is 9.76. The highest BCUT2D eigenvalue weighted by molar-refractivity contribution is 7.90. The van der Waals surface area contributed by atoms with Gasteiger partial charge in [0.25, 0.3) is 15.7 Å². The van der Waals surface area contributed by atoms with Crippen LogP contribution in [0.15, 0.2) is 94.2 Å². The first kappa shape index (κ1) is 19.2. The smallest absolute Gasteiger partial charge is 0.284 e. The SMILES string of the molecule is CN(/C(=N/S(=O)(=O)c1ccccc1)c1ccccc1)c1ccc([N+](=O)[O-])cc1. The highest BCUT2D eigenvalue weighted by Gasteiger charge is 2.19. The van der Waals surface area contributed by atoms with Crippen molar-refractivity contribution >= 4 is 27.2 Å². The number of rotatable bonds is 5. The van der Waals surface area contributed by atoms with Crippen molar-refractivity contribution in [1.82, 2.24) is 0 Å². The molecule has 3 aromatic rings. The zero-order valence-corrected chi connectivity index (χ0v) is 15.8. The second-order valence-electron chi connectivity index (χ2n) is 5.90. The van der Waals surface area contributed by atoms with Crippen molar-refractivity contribution in [3.63, 3.8) is 0 Å². The maximum Gasteiger partial charge on any atom is 0.284 e. The Balaban J connectivity index is 2.09. The normalized spacial score (nSPS) is 11.8. The van der Waals surface area contributed by atoms with Crippen LogP contribution in [0.5, 0.6) is 0 Å². The van der Waals surface area contributed by atoms with E-state index in [1.54, 1.807) is 66.5 Å². The van der Waals surface area contributed by atoms with Crippen LogP contribution in [0.4, 0.5) is 11.4 Å². The van der Waals surface area contributed by atoms with Gasteiger partial charge in [0, 0.05) is 30.4 Å². The molecule has 3 rings (SSSR count). The number of hydrogen-bond donors (Lipinski definition) is 0. The number of hydrogen-bond acceptors (Lipinski definition) is 4. The van der Waals surface area contributed by atoms with Gasteiger partial charge in [-0.3, -0.25) is 10.1 Å². The van der Waals surface area contributed by atoms with Crippen molar-refractivity contribution in [1.29, 1.82) is 0 Å². The molecule has 0 N–H and O–H groups in total. The Kier molecular flexibility index (Phi) is 5.51. The number of sulfonamides is 1. The highest BCUT2D eigenvalue weighted by atomic mass is 32.2. The van der Waals surface area contributed by atoms with Gasteiger partial charge in [-0.25, -0.2) is 0 Å². The average molecular weight is 395 g/mol. The molecule has 0 aliphatic heterocycles. The summed E-state index contributed by atoms with van der Waals surface area (Å²) in [6, 6.07) is 22.6. The summed E-state index contributed by atoms with van der Waals surface area (Å²) in [5, 5.41) is 10.9. The fourth-order valence-electron chi connectivity index (χ4n) is 2.57. The minimum atomic E-state index is -3.94. The Bertz CT molecular complexity index is 1100. The number of amidine groups is 1. The third-order valence-electron chi connectivity index (χ3n) is 4.05. The molecule has 0 saturated heterocycles. The molecule has 0 amide bonds. The van der Waals surface area contributed by atoms with Gasteiger partial charge in [-0.2, -0.15) is 8.42 Å². The summed E-state index contributed by atoms with van der Waals surface area (Å²) < 4.78 is 29.6. The van der Waals surface area contributed by atoms with Crippen molar-refractivity contribution in [3.05, 3.63) is 101 Å². The summed E-state index contributed by atoms with van der Waals surface area (Å²) in [6.45, 7) is 0. The van der Waals surface area contributed by atoms with Gasteiger partial charge in [0.15, 0.2) is 5.84 Å². The molecule has 0 spiro atoms. The Labute approximate surface area is 162 Å². The summed E-state index contributed by atoms with van der Waals surface area (Å²) in [5.41, 5.74) is 1.12. The molecule has 3 aromatic carbocycles. The zero-order valence-electron chi connectivity index (χ0n) is 15.0. The summed E-state index contributed by atoms with van der Waals surface area (Å²) in [6.07, 6.45) is 0. The van der Waals surface area contributed by atoms with Gasteiger partial charge in [-0.15, -0.1) is 4.40 Å². The van der Waals surface area contributed by atoms with Crippen LogP contribution in [0.2, 0.25) is 0 Å². The maximum absolute atomic E-state index is 12.8. The molecule has 0 heterocycles. The lowest BCUT2D eigenvalue weighted by Gasteiger charge is -2.21. The number of nitro benzene ring substituents is 1. The second kappa shape index (κ2) is 8.01. The standard InChI is InChI=1S/C20H17N3O4S/c1-22(17-12-14-18(15-13-17)23(24)25)20(16-8-4-2-5-9-16)21-28(26,27)19-10-6-3-7-11-19/h2-15H,1H3/b21-20+. The molecule has 8 heteroatoms. The fourth-order valence-corrected chi connectivity index (χ4v) is 3.64. The molecule has 28 heavy (non-hydrogen) atoms. The first-order valence-electron chi connectivity index (χ1n) is 8.32. The molecule has 0 aromatic heterocycles. The lowest BCUT2D eigenvalue weighted by Crippen LogP contribution is -2.28. The Hall–Kier alpha value is -3.52. The summed E-state index contributed by atoms with van der Waals surface area (Å²) in [4.78, 5) is 12.0. The lowest BCUT2D eigenvalue weighted by molar-refractivity contribution is -0.384. The number of anilines is 1. The largest absolute Gasteiger partial charge is 0.328 e. The number of benzene rings is 3. The van der Waals surface area contributed by atoms with E-state index in [1.165, 1.54) is 24.3 Å². The van der Waals surface area contributed by atoms with E-state index in [0.717, 1.165) is 0 Å². The van der Waals surface area contributed by atoms with Crippen LogP contribution < -0.4 is 4.90 Å². The van der Waals surface area contributed by atoms with E-state index < -0.39 is 14.9 Å². The molecular formula is C20H17N3O4S. The predicted molar refractivity (Wildman–Crippen MR) is 108 cm³/mol. The van der Waals surface area contributed by atoms with Crippen molar-refractivity contribution < 1.29 is 13.3 Å². The quantitative estimate of drug-likeness (QED) is 0.283. The van der Waals surface area contributed by atoms with E-state index in [2.05, 4.69) is 4.40 Å². The van der Waals surface area contributed by atoms with Gasteiger partial charge in [0.2, 0.25) is 0 Å². The zero-order chi connectivity index (χ0) is 20.1. The number of nitrogens with zero attached hydrogens (tertiary/aromatic N) is 3. The van der Waals surface area contributed by atoms with Crippen LogP contribution in [-0.2, 0) is 10.0 Å². The van der Waals surface area contributed by atoms with Crippen LogP contribution in [-0.4, -0.2) is 26.2 Å². The summed E-state index contributed by atoms with van der Waals surface area (Å²) in [7, 11) is -2.28. The van der Waals surface area contributed by atoms with Crippen molar-refractivity contribution in [2.45, 2.75) is 4.90 Å². The van der Waals surface area contributed by atoms with Crippen molar-refractivity contribution in [2.24, 2.45) is 4.40 Å². The van der Waals surface area contributed by atoms with Gasteiger partial charge in [-0.1, -0.05) is 48.5 Å². The summed E-state index contributed by atoms with van der Waals surface area (Å²) >= 11 is 0. The van der Waals surface area contributed by atoms with Gasteiger partial charge < -0.3 is 4.90 Å². The van der Waals surface area contributed by atoms with Crippen LogP contribution in [0.1, 0.15) is 5.56 Å². The van der Waals surface area contributed by atoms with Gasteiger partial charge in [0.05, 0.1) is 9.82 Å². The Morgan fingerprint density at radius 1 is 0.893 bits per heavy atom. The summed E-state index contributed by atoms with van der Waals surface area (Å²) in [5.74, 6) is 0.207. The van der Waals surface area contributed by atoms with E-state index in [-0.39, 0.29) is 16.4 Å². The minimum Gasteiger partial charge on any atom is -0.328 e. The van der Waals surface area contributed by atoms with E-state index in [1.807, 2.05) is 6.07 Å². The predicted octanol–water partition coefficient (Wildman–Crippen LogP) is 3.87. The molecule has 7 nitrogen and oxygen atoms in total. The van der Waals surface area contributed by atoms with Gasteiger partial charge in [0.1, 0.15) is 0 Å². The van der Waals surface area contributed by atoms with E-state index in [9.17, 15) is 18.5 Å². The second-order valence-corrected chi connectivity index (χ2v) is 7.51. The fraction of sp³-hybridized carbons (Fsp3) is 0.0500. The molecular weight excluding hydrogens is 378 g/mol. The Morgan fingerprint density at radius 3 is 1.96 bits per heavy atom. The minimum absolute atomic E-state index is 0.0488. The number of nitro groups is 1. The molecule has 0 aliphatic rings. The maximum atomic E-state index is 12.8. The molecule has 0 saturated carbocycles. The van der Waals surface area contributed by atoms with Crippen molar-refractivity contribution in [2.75, 3.05) is 11.9 Å². The molecule has 0 atom stereocenters. The third-order valence-corrected chi connectivity index (χ3v) is 5.33. The van der Waals surface area contributed by atoms with Crippen molar-refractivity contribution in [3.8, 4) is 0 Å². The first-order chi connectivity index (χ1) is 13.4. The van der Waals surface area contributed by atoms with E-state index in [4.69, 9.17) is 0 Å². The van der Waals surface area contributed by atoms with Gasteiger partial charge >= 0.3 is 0 Å². The van der Waals surface area contributed by atoms with Crippen LogP contribution in [0.3, 0.4) is 0 Å². The average Bonchev–Trinajstić information content (AvgIpc) is 2.73. The molecule has 142 valence electrons. The third kappa shape index (κ3) is 4.24. The molecule has 0 aliphatic carbocycles. The van der Waals surface area contributed by atoms with Gasteiger partial charge in [-0.05, 0) is 24.3 Å². The van der Waals surface area contributed by atoms with Crippen LogP contribution in [0, 0.1) is 10.1 Å². The van der Waals surface area contributed by atoms with Crippen LogP contribution >= 0.6 is 0 Å². The highest BCUT2D eigenvalue weighted by Crippen LogP contribution is 2.22. The lowest BCUT2D eigenvalue weighted by atomic mass is 10.2. The molecule has 0 bridgehead atoms. The molecule has 0 fully saturated rings. The topological polar surface area (TPSA) is 92.9 Å². The van der Waals surface area contributed by atoms with Crippen LogP contribution in [0.25, 0.3) is 0 Å².